The number of nitrogen functional groups attached to an aromatic ring is 2. The van der Waals surface area contributed by atoms with Crippen LogP contribution in [0.2, 0.25) is 0 Å². The molecule has 0 heterocycles. The number of hydrogen-bond donors (Lipinski definition) is 4. The lowest BCUT2D eigenvalue weighted by molar-refractivity contribution is -0.138. The number of carbonyl (C=O) groups is 2. The SMILES string of the molecule is Nc1ccc(CCC(=O)O)c(CCC(=O)O)c1N. The largest absolute Gasteiger partial charge is 0.481 e. The van der Waals surface area contributed by atoms with E-state index in [4.69, 9.17) is 21.7 Å². The Morgan fingerprint density at radius 3 is 2.11 bits per heavy atom. The lowest BCUT2D eigenvalue weighted by Crippen LogP contribution is -2.08. The van der Waals surface area contributed by atoms with E-state index in [9.17, 15) is 9.59 Å². The van der Waals surface area contributed by atoms with Crippen LogP contribution in [0.25, 0.3) is 0 Å². The molecule has 6 N–H and O–H groups in total. The van der Waals surface area contributed by atoms with Crippen molar-refractivity contribution in [2.45, 2.75) is 25.7 Å². The lowest BCUT2D eigenvalue weighted by Gasteiger charge is -2.13. The minimum atomic E-state index is -0.930. The van der Waals surface area contributed by atoms with Gasteiger partial charge in [0.15, 0.2) is 0 Å². The molecule has 18 heavy (non-hydrogen) atoms. The van der Waals surface area contributed by atoms with E-state index in [1.165, 1.54) is 0 Å². The van der Waals surface area contributed by atoms with Gasteiger partial charge in [-0.05, 0) is 30.0 Å². The summed E-state index contributed by atoms with van der Waals surface area (Å²) in [7, 11) is 0. The summed E-state index contributed by atoms with van der Waals surface area (Å²) >= 11 is 0. The first-order valence-corrected chi connectivity index (χ1v) is 5.51. The maximum absolute atomic E-state index is 10.6. The number of hydrogen-bond acceptors (Lipinski definition) is 4. The van der Waals surface area contributed by atoms with Crippen molar-refractivity contribution in [2.24, 2.45) is 0 Å². The van der Waals surface area contributed by atoms with Gasteiger partial charge in [0.1, 0.15) is 0 Å². The fourth-order valence-corrected chi connectivity index (χ4v) is 1.73. The van der Waals surface area contributed by atoms with Crippen molar-refractivity contribution in [3.05, 3.63) is 23.3 Å². The predicted molar refractivity (Wildman–Crippen MR) is 67.2 cm³/mol. The first-order chi connectivity index (χ1) is 8.41. The molecule has 1 aromatic carbocycles. The van der Waals surface area contributed by atoms with Crippen LogP contribution in [0.15, 0.2) is 12.1 Å². The van der Waals surface area contributed by atoms with Crippen molar-refractivity contribution in [1.29, 1.82) is 0 Å². The van der Waals surface area contributed by atoms with E-state index >= 15 is 0 Å². The van der Waals surface area contributed by atoms with Gasteiger partial charge in [-0.3, -0.25) is 9.59 Å². The molecule has 0 fully saturated rings. The Bertz CT molecular complexity index is 471. The van der Waals surface area contributed by atoms with Crippen LogP contribution in [0.4, 0.5) is 11.4 Å². The van der Waals surface area contributed by atoms with Crippen molar-refractivity contribution in [2.75, 3.05) is 11.5 Å². The van der Waals surface area contributed by atoms with Crippen molar-refractivity contribution in [3.8, 4) is 0 Å². The first-order valence-electron chi connectivity index (χ1n) is 5.51. The van der Waals surface area contributed by atoms with Gasteiger partial charge in [-0.25, -0.2) is 0 Å². The van der Waals surface area contributed by atoms with Gasteiger partial charge in [-0.15, -0.1) is 0 Å². The summed E-state index contributed by atoms with van der Waals surface area (Å²) in [5.41, 5.74) is 13.6. The van der Waals surface area contributed by atoms with Crippen LogP contribution in [0.3, 0.4) is 0 Å². The first kappa shape index (κ1) is 13.8. The summed E-state index contributed by atoms with van der Waals surface area (Å²) in [6.45, 7) is 0. The highest BCUT2D eigenvalue weighted by Crippen LogP contribution is 2.26. The van der Waals surface area contributed by atoms with Gasteiger partial charge in [0.25, 0.3) is 0 Å². The van der Waals surface area contributed by atoms with Crippen LogP contribution in [-0.4, -0.2) is 22.2 Å². The quantitative estimate of drug-likeness (QED) is 0.557. The van der Waals surface area contributed by atoms with E-state index in [2.05, 4.69) is 0 Å². The smallest absolute Gasteiger partial charge is 0.303 e. The zero-order chi connectivity index (χ0) is 13.7. The number of nitrogens with two attached hydrogens (primary N) is 2. The van der Waals surface area contributed by atoms with Crippen LogP contribution < -0.4 is 11.5 Å². The summed E-state index contributed by atoms with van der Waals surface area (Å²) in [5.74, 6) is -1.84. The second-order valence-electron chi connectivity index (χ2n) is 3.99. The standard InChI is InChI=1S/C12H16N2O4/c13-9-4-1-7(2-5-10(15)16)8(12(9)14)3-6-11(17)18/h1,4H,2-3,5-6,13-14H2,(H,15,16)(H,17,18). The Hall–Kier alpha value is -2.24. The summed E-state index contributed by atoms with van der Waals surface area (Å²) < 4.78 is 0. The third-order valence-corrected chi connectivity index (χ3v) is 2.68. The number of carboxylic acids is 2. The molecule has 0 aromatic heterocycles. The molecular formula is C12H16N2O4. The van der Waals surface area contributed by atoms with Gasteiger partial charge in [-0.2, -0.15) is 0 Å². The molecule has 0 aliphatic heterocycles. The highest BCUT2D eigenvalue weighted by Gasteiger charge is 2.12. The highest BCUT2D eigenvalue weighted by molar-refractivity contribution is 5.73. The van der Waals surface area contributed by atoms with E-state index in [1.807, 2.05) is 0 Å². The van der Waals surface area contributed by atoms with Crippen molar-refractivity contribution >= 4 is 23.3 Å². The molecule has 0 atom stereocenters. The van der Waals surface area contributed by atoms with Crippen LogP contribution in [-0.2, 0) is 22.4 Å². The Morgan fingerprint density at radius 2 is 1.56 bits per heavy atom. The molecule has 0 spiro atoms. The second-order valence-corrected chi connectivity index (χ2v) is 3.99. The molecule has 0 saturated heterocycles. The zero-order valence-corrected chi connectivity index (χ0v) is 9.85. The molecule has 0 unspecified atom stereocenters. The molecule has 1 aromatic rings. The number of carboxylic acid groups (broad SMARTS) is 2. The maximum Gasteiger partial charge on any atom is 0.303 e. The second kappa shape index (κ2) is 5.90. The highest BCUT2D eigenvalue weighted by atomic mass is 16.4. The maximum atomic E-state index is 10.6. The molecule has 0 amide bonds. The van der Waals surface area contributed by atoms with Gasteiger partial charge in [0, 0.05) is 12.8 Å². The Kier molecular flexibility index (Phi) is 4.53. The van der Waals surface area contributed by atoms with Crippen LogP contribution in [0.5, 0.6) is 0 Å². The van der Waals surface area contributed by atoms with Crippen LogP contribution >= 0.6 is 0 Å². The van der Waals surface area contributed by atoms with Crippen molar-refractivity contribution < 1.29 is 19.8 Å². The number of anilines is 2. The van der Waals surface area contributed by atoms with Crippen LogP contribution in [0, 0.1) is 0 Å². The summed E-state index contributed by atoms with van der Waals surface area (Å²) in [4.78, 5) is 21.1. The molecule has 98 valence electrons. The number of aryl methyl sites for hydroxylation is 1. The zero-order valence-electron chi connectivity index (χ0n) is 9.85. The molecule has 0 radical (unpaired) electrons. The predicted octanol–water partition coefficient (Wildman–Crippen LogP) is 0.885. The van der Waals surface area contributed by atoms with E-state index in [0.29, 0.717) is 23.4 Å². The van der Waals surface area contributed by atoms with Crippen LogP contribution in [0.1, 0.15) is 24.0 Å². The van der Waals surface area contributed by atoms with Gasteiger partial charge >= 0.3 is 11.9 Å². The lowest BCUT2D eigenvalue weighted by atomic mass is 9.96. The molecule has 6 heteroatoms. The topological polar surface area (TPSA) is 127 Å². The average Bonchev–Trinajstić information content (AvgIpc) is 2.29. The molecule has 6 nitrogen and oxygen atoms in total. The van der Waals surface area contributed by atoms with Gasteiger partial charge in [0.2, 0.25) is 0 Å². The molecule has 0 aliphatic rings. The van der Waals surface area contributed by atoms with Crippen molar-refractivity contribution in [3.63, 3.8) is 0 Å². The number of benzene rings is 1. The minimum absolute atomic E-state index is 0.0244. The third-order valence-electron chi connectivity index (χ3n) is 2.68. The monoisotopic (exact) mass is 252 g/mol. The van der Waals surface area contributed by atoms with Gasteiger partial charge in [0.05, 0.1) is 11.4 Å². The fourth-order valence-electron chi connectivity index (χ4n) is 1.73. The minimum Gasteiger partial charge on any atom is -0.481 e. The number of aliphatic carboxylic acids is 2. The van der Waals surface area contributed by atoms with Gasteiger partial charge < -0.3 is 21.7 Å². The fraction of sp³-hybridized carbons (Fsp3) is 0.333. The normalized spacial score (nSPS) is 10.2. The summed E-state index contributed by atoms with van der Waals surface area (Å²) in [6, 6.07) is 3.31. The van der Waals surface area contributed by atoms with Gasteiger partial charge in [-0.1, -0.05) is 6.07 Å². The summed E-state index contributed by atoms with van der Waals surface area (Å²) in [6.07, 6.45) is 0.479. The average molecular weight is 252 g/mol. The van der Waals surface area contributed by atoms with E-state index in [-0.39, 0.29) is 19.3 Å². The van der Waals surface area contributed by atoms with E-state index in [1.54, 1.807) is 12.1 Å². The third kappa shape index (κ3) is 3.65. The summed E-state index contributed by atoms with van der Waals surface area (Å²) in [5, 5.41) is 17.3. The molecular weight excluding hydrogens is 236 g/mol. The Balaban J connectivity index is 2.96. The Labute approximate surface area is 104 Å². The number of rotatable bonds is 6. The van der Waals surface area contributed by atoms with E-state index < -0.39 is 11.9 Å². The molecule has 1 rings (SSSR count). The van der Waals surface area contributed by atoms with E-state index in [0.717, 1.165) is 5.56 Å². The Morgan fingerprint density at radius 1 is 1.00 bits per heavy atom. The van der Waals surface area contributed by atoms with Crippen molar-refractivity contribution in [1.82, 2.24) is 0 Å². The molecule has 0 aliphatic carbocycles. The molecule has 0 saturated carbocycles. The molecule has 0 bridgehead atoms.